The van der Waals surface area contributed by atoms with Gasteiger partial charge in [-0.25, -0.2) is 0 Å². The van der Waals surface area contributed by atoms with Crippen LogP contribution in [0.1, 0.15) is 36.0 Å². The van der Waals surface area contributed by atoms with E-state index in [1.54, 1.807) is 0 Å². The number of carbonyl (C=O) groups excluding carboxylic acids is 1. The van der Waals surface area contributed by atoms with Crippen LogP contribution in [0.15, 0.2) is 48.5 Å². The lowest BCUT2D eigenvalue weighted by molar-refractivity contribution is -0.896. The number of hydrogen-bond acceptors (Lipinski definition) is 1. The van der Waals surface area contributed by atoms with Crippen molar-refractivity contribution in [2.24, 2.45) is 0 Å². The first-order valence-electron chi connectivity index (χ1n) is 9.60. The van der Waals surface area contributed by atoms with Crippen LogP contribution < -0.4 is 9.80 Å². The number of para-hydroxylation sites is 1. The summed E-state index contributed by atoms with van der Waals surface area (Å²) in [6.07, 6.45) is 5.86. The lowest BCUT2D eigenvalue weighted by Crippen LogP contribution is -3.13. The van der Waals surface area contributed by atoms with Crippen LogP contribution in [0, 0.1) is 0 Å². The first-order valence-corrected chi connectivity index (χ1v) is 9.60. The van der Waals surface area contributed by atoms with E-state index in [9.17, 15) is 4.79 Å². The second-order valence-corrected chi connectivity index (χ2v) is 7.36. The number of hydrogen-bond donors (Lipinski definition) is 1. The van der Waals surface area contributed by atoms with E-state index in [1.807, 2.05) is 4.90 Å². The average molecular weight is 335 g/mol. The van der Waals surface area contributed by atoms with Crippen LogP contribution >= 0.6 is 0 Å². The molecule has 0 bridgehead atoms. The van der Waals surface area contributed by atoms with E-state index in [0.717, 1.165) is 31.6 Å². The molecular weight excluding hydrogens is 308 g/mol. The van der Waals surface area contributed by atoms with Gasteiger partial charge in [0.15, 0.2) is 6.54 Å². The molecule has 0 unspecified atom stereocenters. The summed E-state index contributed by atoms with van der Waals surface area (Å²) in [5.41, 5.74) is 5.07. The van der Waals surface area contributed by atoms with Gasteiger partial charge < -0.3 is 9.80 Å². The minimum absolute atomic E-state index is 0.265. The van der Waals surface area contributed by atoms with Crippen LogP contribution in [-0.2, 0) is 24.2 Å². The number of nitrogens with one attached hydrogen (secondary N) is 1. The zero-order chi connectivity index (χ0) is 17.1. The number of anilines is 1. The van der Waals surface area contributed by atoms with Crippen molar-refractivity contribution >= 4 is 11.6 Å². The molecule has 2 aliphatic heterocycles. The van der Waals surface area contributed by atoms with Crippen molar-refractivity contribution in [2.75, 3.05) is 24.5 Å². The van der Waals surface area contributed by atoms with Gasteiger partial charge in [-0.15, -0.1) is 0 Å². The molecule has 2 aliphatic rings. The summed E-state index contributed by atoms with van der Waals surface area (Å²) in [5, 5.41) is 0. The predicted octanol–water partition coefficient (Wildman–Crippen LogP) is 2.39. The molecule has 1 amide bonds. The molecule has 2 aromatic carbocycles. The Hall–Kier alpha value is -2.13. The lowest BCUT2D eigenvalue weighted by Gasteiger charge is -2.31. The van der Waals surface area contributed by atoms with Crippen molar-refractivity contribution in [3.8, 4) is 0 Å². The highest BCUT2D eigenvalue weighted by Gasteiger charge is 2.26. The Morgan fingerprint density at radius 2 is 1.48 bits per heavy atom. The Morgan fingerprint density at radius 3 is 2.28 bits per heavy atom. The van der Waals surface area contributed by atoms with Gasteiger partial charge in [0.1, 0.15) is 0 Å². The van der Waals surface area contributed by atoms with Crippen LogP contribution in [0.3, 0.4) is 0 Å². The molecule has 3 nitrogen and oxygen atoms in total. The Morgan fingerprint density at radius 1 is 0.840 bits per heavy atom. The summed E-state index contributed by atoms with van der Waals surface area (Å²) in [4.78, 5) is 16.7. The van der Waals surface area contributed by atoms with E-state index >= 15 is 0 Å². The molecule has 3 heteroatoms. The fourth-order valence-corrected chi connectivity index (χ4v) is 4.23. The third-order valence-electron chi connectivity index (χ3n) is 5.66. The van der Waals surface area contributed by atoms with Crippen LogP contribution in [-0.4, -0.2) is 25.5 Å². The highest BCUT2D eigenvalue weighted by Crippen LogP contribution is 2.28. The summed E-state index contributed by atoms with van der Waals surface area (Å²) in [6, 6.07) is 17.0. The maximum absolute atomic E-state index is 13.2. The highest BCUT2D eigenvalue weighted by molar-refractivity contribution is 5.95. The number of carbonyl (C=O) groups is 1. The Bertz CT molecular complexity index is 749. The van der Waals surface area contributed by atoms with Crippen molar-refractivity contribution in [1.82, 2.24) is 0 Å². The van der Waals surface area contributed by atoms with E-state index in [0.29, 0.717) is 13.1 Å². The Kier molecular flexibility index (Phi) is 4.84. The second kappa shape index (κ2) is 7.40. The number of quaternary nitrogens is 1. The number of fused-ring (bicyclic) bond motifs is 2. The van der Waals surface area contributed by atoms with Gasteiger partial charge >= 0.3 is 0 Å². The minimum atomic E-state index is 0.265. The maximum atomic E-state index is 13.2. The third kappa shape index (κ3) is 3.62. The molecule has 0 radical (unpaired) electrons. The highest BCUT2D eigenvalue weighted by atomic mass is 16.2. The van der Waals surface area contributed by atoms with Gasteiger partial charge in [0, 0.05) is 5.69 Å². The van der Waals surface area contributed by atoms with E-state index < -0.39 is 0 Å². The monoisotopic (exact) mass is 335 g/mol. The summed E-state index contributed by atoms with van der Waals surface area (Å²) < 4.78 is 0. The number of nitrogens with zero attached hydrogens (tertiary/aromatic N) is 1. The zero-order valence-corrected chi connectivity index (χ0v) is 14.8. The van der Waals surface area contributed by atoms with Gasteiger partial charge in [-0.2, -0.15) is 0 Å². The van der Waals surface area contributed by atoms with E-state index in [1.165, 1.54) is 40.9 Å². The van der Waals surface area contributed by atoms with E-state index in [2.05, 4.69) is 48.5 Å². The smallest absolute Gasteiger partial charge is 0.282 e. The number of amides is 1. The van der Waals surface area contributed by atoms with Crippen LogP contribution in [0.4, 0.5) is 5.69 Å². The van der Waals surface area contributed by atoms with Crippen molar-refractivity contribution in [3.05, 3.63) is 65.2 Å². The van der Waals surface area contributed by atoms with Gasteiger partial charge in [-0.05, 0) is 54.9 Å². The van der Waals surface area contributed by atoms with Crippen molar-refractivity contribution in [3.63, 3.8) is 0 Å². The summed E-state index contributed by atoms with van der Waals surface area (Å²) in [7, 11) is 0. The van der Waals surface area contributed by atoms with E-state index in [4.69, 9.17) is 0 Å². The maximum Gasteiger partial charge on any atom is 0.282 e. The average Bonchev–Trinajstić information content (AvgIpc) is 2.64. The largest absolute Gasteiger partial charge is 0.327 e. The van der Waals surface area contributed by atoms with Crippen molar-refractivity contribution < 1.29 is 9.69 Å². The van der Waals surface area contributed by atoms with Gasteiger partial charge in [-0.3, -0.25) is 4.79 Å². The molecule has 0 atom stereocenters. The molecule has 25 heavy (non-hydrogen) atoms. The number of rotatable bonds is 2. The molecule has 1 N–H and O–H groups in total. The minimum Gasteiger partial charge on any atom is -0.327 e. The molecule has 4 rings (SSSR count). The molecule has 2 heterocycles. The summed E-state index contributed by atoms with van der Waals surface area (Å²) in [5.74, 6) is 0.265. The van der Waals surface area contributed by atoms with E-state index in [-0.39, 0.29) is 5.91 Å². The quantitative estimate of drug-likeness (QED) is 0.895. The lowest BCUT2D eigenvalue weighted by atomic mass is 9.95. The topological polar surface area (TPSA) is 24.8 Å². The van der Waals surface area contributed by atoms with Gasteiger partial charge in [0.05, 0.1) is 19.6 Å². The molecular formula is C22H27N2O+. The van der Waals surface area contributed by atoms with Gasteiger partial charge in [0.2, 0.25) is 0 Å². The fourth-order valence-electron chi connectivity index (χ4n) is 4.23. The first-order chi connectivity index (χ1) is 12.3. The predicted molar refractivity (Wildman–Crippen MR) is 101 cm³/mol. The SMILES string of the molecule is O=C(C[NH+]1CCCCC1)N1Cc2ccccc2CCc2ccccc21. The third-order valence-corrected chi connectivity index (χ3v) is 5.66. The molecule has 2 aromatic rings. The first kappa shape index (κ1) is 16.3. The molecule has 0 spiro atoms. The van der Waals surface area contributed by atoms with Crippen LogP contribution in [0.5, 0.6) is 0 Å². The van der Waals surface area contributed by atoms with Gasteiger partial charge in [-0.1, -0.05) is 42.5 Å². The molecule has 130 valence electrons. The molecule has 0 aromatic heterocycles. The number of benzene rings is 2. The molecule has 1 saturated heterocycles. The number of piperidine rings is 1. The van der Waals surface area contributed by atoms with Gasteiger partial charge in [0.25, 0.3) is 5.91 Å². The molecule has 1 fully saturated rings. The van der Waals surface area contributed by atoms with Crippen molar-refractivity contribution in [2.45, 2.75) is 38.6 Å². The van der Waals surface area contributed by atoms with Crippen LogP contribution in [0.2, 0.25) is 0 Å². The Labute approximate surface area is 150 Å². The molecule has 0 saturated carbocycles. The van der Waals surface area contributed by atoms with Crippen LogP contribution in [0.25, 0.3) is 0 Å². The second-order valence-electron chi connectivity index (χ2n) is 7.36. The molecule has 0 aliphatic carbocycles. The number of likely N-dealkylation sites (tertiary alicyclic amines) is 1. The summed E-state index contributed by atoms with van der Waals surface area (Å²) in [6.45, 7) is 3.59. The summed E-state index contributed by atoms with van der Waals surface area (Å²) >= 11 is 0. The standard InChI is InChI=1S/C22H26N2O/c25-22(17-23-14-6-1-7-15-23)24-16-20-10-3-2-8-18(20)12-13-19-9-4-5-11-21(19)24/h2-5,8-11H,1,6-7,12-17H2/p+1. The normalized spacial score (nSPS) is 18.0. The zero-order valence-electron chi connectivity index (χ0n) is 14.8. The number of aryl methyl sites for hydroxylation is 2. The Balaban J connectivity index is 1.64. The fraction of sp³-hybridized carbons (Fsp3) is 0.409. The van der Waals surface area contributed by atoms with Crippen molar-refractivity contribution in [1.29, 1.82) is 0 Å².